The van der Waals surface area contributed by atoms with Crippen LogP contribution in [0.5, 0.6) is 0 Å². The van der Waals surface area contributed by atoms with E-state index in [4.69, 9.17) is 10.0 Å². The topological polar surface area (TPSA) is 65.4 Å². The minimum Gasteiger partial charge on any atom is -0.411 e. The number of likely N-dealkylation sites (N-methyl/N-ethyl adjacent to an activating group) is 1. The number of nitrogens with zero attached hydrogens (tertiary/aromatic N) is 3. The Morgan fingerprint density at radius 1 is 1.11 bits per heavy atom. The first-order valence-corrected chi connectivity index (χ1v) is 8.96. The Labute approximate surface area is 164 Å². The molecule has 1 N–H and O–H groups in total. The summed E-state index contributed by atoms with van der Waals surface area (Å²) in [5.74, 6) is -0.199. The number of carbonyl (C=O) groups excluding carboxylic acids is 1. The molecule has 2 aromatic carbocycles. The summed E-state index contributed by atoms with van der Waals surface area (Å²) in [7, 11) is 3.35. The number of amides is 1. The van der Waals surface area contributed by atoms with Gasteiger partial charge in [-0.05, 0) is 17.2 Å². The van der Waals surface area contributed by atoms with Crippen molar-refractivity contribution in [2.45, 2.75) is 6.10 Å². The maximum Gasteiger partial charge on any atom is 0.255 e. The molecule has 0 radical (unpaired) electrons. The molecule has 144 valence electrons. The van der Waals surface area contributed by atoms with Crippen LogP contribution in [0.4, 0.5) is 0 Å². The molecule has 1 heterocycles. The van der Waals surface area contributed by atoms with Crippen molar-refractivity contribution in [2.24, 2.45) is 5.16 Å². The fraction of sp³-hybridized carbons (Fsp3) is 0.182. The second-order valence-corrected chi connectivity index (χ2v) is 6.51. The van der Waals surface area contributed by atoms with E-state index in [0.717, 1.165) is 11.1 Å². The van der Waals surface area contributed by atoms with E-state index in [9.17, 15) is 4.79 Å². The lowest BCUT2D eigenvalue weighted by molar-refractivity contribution is -0.153. The van der Waals surface area contributed by atoms with Gasteiger partial charge in [-0.2, -0.15) is 0 Å². The molecule has 6 heteroatoms. The summed E-state index contributed by atoms with van der Waals surface area (Å²) < 4.78 is 0. The van der Waals surface area contributed by atoms with Crippen LogP contribution in [-0.2, 0) is 9.63 Å². The smallest absolute Gasteiger partial charge is 0.255 e. The maximum absolute atomic E-state index is 12.5. The summed E-state index contributed by atoms with van der Waals surface area (Å²) in [5, 5.41) is 13.9. The van der Waals surface area contributed by atoms with Crippen molar-refractivity contribution in [3.63, 3.8) is 0 Å². The summed E-state index contributed by atoms with van der Waals surface area (Å²) in [6, 6.07) is 19.7. The average Bonchev–Trinajstić information content (AvgIpc) is 2.73. The Hall–Kier alpha value is -3.38. The van der Waals surface area contributed by atoms with Crippen molar-refractivity contribution in [3.05, 3.63) is 95.2 Å². The Balaban J connectivity index is 2.00. The quantitative estimate of drug-likeness (QED) is 0.476. The molecule has 2 aromatic rings. The van der Waals surface area contributed by atoms with Crippen molar-refractivity contribution < 1.29 is 14.8 Å². The third-order valence-electron chi connectivity index (χ3n) is 4.35. The molecule has 0 unspecified atom stereocenters. The first kappa shape index (κ1) is 19.4. The molecule has 0 saturated carbocycles. The van der Waals surface area contributed by atoms with E-state index >= 15 is 0 Å². The molecule has 0 atom stereocenters. The maximum atomic E-state index is 12.5. The van der Waals surface area contributed by atoms with Crippen LogP contribution in [0.2, 0.25) is 0 Å². The zero-order valence-electron chi connectivity index (χ0n) is 15.9. The number of hydrogen-bond donors (Lipinski definition) is 1. The molecule has 0 saturated heterocycles. The molecule has 6 nitrogen and oxygen atoms in total. The fourth-order valence-electron chi connectivity index (χ4n) is 2.99. The second kappa shape index (κ2) is 9.01. The molecule has 0 aromatic heterocycles. The largest absolute Gasteiger partial charge is 0.411 e. The van der Waals surface area contributed by atoms with Crippen molar-refractivity contribution >= 4 is 12.1 Å². The van der Waals surface area contributed by atoms with Gasteiger partial charge < -0.3 is 10.1 Å². The lowest BCUT2D eigenvalue weighted by atomic mass is 10.0. The van der Waals surface area contributed by atoms with Gasteiger partial charge in [0.25, 0.3) is 5.91 Å². The number of allylic oxidation sites excluding steroid dienone is 1. The normalized spacial score (nSPS) is 14.2. The van der Waals surface area contributed by atoms with Crippen LogP contribution in [0.3, 0.4) is 0 Å². The second-order valence-electron chi connectivity index (χ2n) is 6.51. The van der Waals surface area contributed by atoms with Crippen molar-refractivity contribution in [1.82, 2.24) is 9.96 Å². The van der Waals surface area contributed by atoms with Crippen molar-refractivity contribution in [3.8, 4) is 0 Å². The van der Waals surface area contributed by atoms with E-state index in [-0.39, 0.29) is 12.0 Å². The van der Waals surface area contributed by atoms with E-state index in [1.165, 1.54) is 11.1 Å². The Morgan fingerprint density at radius 3 is 2.18 bits per heavy atom. The van der Waals surface area contributed by atoms with E-state index in [2.05, 4.69) is 5.16 Å². The molecular formula is C22H23N3O3. The zero-order chi connectivity index (χ0) is 19.9. The Bertz CT molecular complexity index is 850. The van der Waals surface area contributed by atoms with E-state index < -0.39 is 0 Å². The molecule has 1 amide bonds. The van der Waals surface area contributed by atoms with Gasteiger partial charge in [-0.15, -0.1) is 0 Å². The van der Waals surface area contributed by atoms with Crippen LogP contribution in [-0.4, -0.2) is 47.9 Å². The predicted molar refractivity (Wildman–Crippen MR) is 108 cm³/mol. The van der Waals surface area contributed by atoms with Crippen LogP contribution in [0, 0.1) is 0 Å². The first-order valence-electron chi connectivity index (χ1n) is 8.96. The molecule has 0 aliphatic carbocycles. The van der Waals surface area contributed by atoms with Crippen LogP contribution >= 0.6 is 0 Å². The van der Waals surface area contributed by atoms with Gasteiger partial charge in [0.1, 0.15) is 6.10 Å². The number of carbonyl (C=O) groups is 1. The number of benzene rings is 2. The van der Waals surface area contributed by atoms with Crippen LogP contribution < -0.4 is 0 Å². The highest BCUT2D eigenvalue weighted by atomic mass is 16.7. The van der Waals surface area contributed by atoms with Gasteiger partial charge in [0.2, 0.25) is 0 Å². The van der Waals surface area contributed by atoms with Crippen molar-refractivity contribution in [1.29, 1.82) is 0 Å². The van der Waals surface area contributed by atoms with Gasteiger partial charge in [-0.1, -0.05) is 71.9 Å². The molecule has 0 spiro atoms. The minimum atomic E-state index is -0.383. The van der Waals surface area contributed by atoms with E-state index in [0.29, 0.717) is 17.8 Å². The molecule has 1 aliphatic heterocycles. The van der Waals surface area contributed by atoms with Gasteiger partial charge in [0.15, 0.2) is 0 Å². The number of hydrogen-bond acceptors (Lipinski definition) is 5. The summed E-state index contributed by atoms with van der Waals surface area (Å²) >= 11 is 0. The van der Waals surface area contributed by atoms with Gasteiger partial charge in [0, 0.05) is 14.1 Å². The van der Waals surface area contributed by atoms with E-state index in [1.807, 2.05) is 66.7 Å². The molecule has 28 heavy (non-hydrogen) atoms. The summed E-state index contributed by atoms with van der Waals surface area (Å²) in [6.07, 6.45) is 4.41. The van der Waals surface area contributed by atoms with Gasteiger partial charge in [0.05, 0.1) is 24.0 Å². The van der Waals surface area contributed by atoms with Crippen LogP contribution in [0.15, 0.2) is 89.2 Å². The number of oxime groups is 1. The zero-order valence-corrected chi connectivity index (χ0v) is 15.9. The average molecular weight is 377 g/mol. The summed E-state index contributed by atoms with van der Waals surface area (Å²) in [4.78, 5) is 20.4. The highest BCUT2D eigenvalue weighted by Crippen LogP contribution is 2.30. The van der Waals surface area contributed by atoms with Gasteiger partial charge in [-0.3, -0.25) is 9.63 Å². The predicted octanol–water partition coefficient (Wildman–Crippen LogP) is 3.38. The lowest BCUT2D eigenvalue weighted by Crippen LogP contribution is -2.34. The SMILES string of the molecule is CN(C)C(=O)C1=C(C=NO)N(OC(c2ccccc2)c2ccccc2)CC=C1. The third kappa shape index (κ3) is 4.29. The van der Waals surface area contributed by atoms with E-state index in [1.54, 1.807) is 25.2 Å². The number of hydroxylamine groups is 2. The van der Waals surface area contributed by atoms with Crippen LogP contribution in [0.25, 0.3) is 0 Å². The van der Waals surface area contributed by atoms with Gasteiger partial charge >= 0.3 is 0 Å². The molecule has 0 fully saturated rings. The highest BCUT2D eigenvalue weighted by molar-refractivity contribution is 6.02. The fourth-order valence-corrected chi connectivity index (χ4v) is 2.99. The molecule has 3 rings (SSSR count). The molecular weight excluding hydrogens is 354 g/mol. The summed E-state index contributed by atoms with van der Waals surface area (Å²) in [6.45, 7) is 0.418. The minimum absolute atomic E-state index is 0.199. The molecule has 0 bridgehead atoms. The molecule has 1 aliphatic rings. The lowest BCUT2D eigenvalue weighted by Gasteiger charge is -2.32. The van der Waals surface area contributed by atoms with Crippen LogP contribution in [0.1, 0.15) is 17.2 Å². The third-order valence-corrected chi connectivity index (χ3v) is 4.35. The summed E-state index contributed by atoms with van der Waals surface area (Å²) in [5.41, 5.74) is 2.75. The van der Waals surface area contributed by atoms with Gasteiger partial charge in [-0.25, -0.2) is 5.06 Å². The first-order chi connectivity index (χ1) is 13.6. The monoisotopic (exact) mass is 377 g/mol. The Kier molecular flexibility index (Phi) is 6.24. The number of rotatable bonds is 6. The standard InChI is InChI=1S/C22H23N3O3/c1-24(2)22(26)19-14-9-15-25(20(19)16-23-27)28-21(17-10-5-3-6-11-17)18-12-7-4-8-13-18/h3-14,16,21,27H,15H2,1-2H3. The Morgan fingerprint density at radius 2 is 1.68 bits per heavy atom. The van der Waals surface area contributed by atoms with Crippen molar-refractivity contribution in [2.75, 3.05) is 20.6 Å². The highest BCUT2D eigenvalue weighted by Gasteiger charge is 2.26.